The molecule has 0 saturated carbocycles. The van der Waals surface area contributed by atoms with Crippen molar-refractivity contribution in [2.75, 3.05) is 12.5 Å². The Morgan fingerprint density at radius 3 is 1.44 bits per heavy atom. The molecular weight excluding hydrogens is 264 g/mol. The van der Waals surface area contributed by atoms with Crippen LogP contribution in [0.4, 0.5) is 0 Å². The van der Waals surface area contributed by atoms with Gasteiger partial charge in [0.1, 0.15) is 11.5 Å². The Balaban J connectivity index is 2.48. The molecule has 18 heavy (non-hydrogen) atoms. The van der Waals surface area contributed by atoms with Gasteiger partial charge in [0.15, 0.2) is 0 Å². The van der Waals surface area contributed by atoms with Crippen LogP contribution < -0.4 is 0 Å². The molecule has 0 fully saturated rings. The van der Waals surface area contributed by atoms with Crippen LogP contribution in [0.3, 0.4) is 0 Å². The summed E-state index contributed by atoms with van der Waals surface area (Å²) in [5.41, 5.74) is 2.07. The average Bonchev–Trinajstić information content (AvgIpc) is 2.40. The smallest absolute Gasteiger partial charge is 0.129 e. The van der Waals surface area contributed by atoms with Crippen molar-refractivity contribution in [2.45, 2.75) is 9.79 Å². The van der Waals surface area contributed by atoms with Crippen LogP contribution in [0.5, 0.6) is 11.5 Å². The molecule has 0 heterocycles. The molecule has 2 rings (SSSR count). The fourth-order valence-corrected chi connectivity index (χ4v) is 2.76. The fraction of sp³-hybridized carbons (Fsp3) is 0.143. The van der Waals surface area contributed by atoms with Gasteiger partial charge in [0.05, 0.1) is 0 Å². The van der Waals surface area contributed by atoms with Gasteiger partial charge in [-0.05, 0) is 47.9 Å². The third-order valence-electron chi connectivity index (χ3n) is 2.69. The van der Waals surface area contributed by atoms with E-state index in [1.165, 1.54) is 23.5 Å². The number of phenols is 2. The molecule has 0 aliphatic carbocycles. The SMILES string of the molecule is CSc1cc(-c2ccc(O)c(SC)c2)ccc1O. The molecule has 94 valence electrons. The molecule has 0 spiro atoms. The third-order valence-corrected chi connectivity index (χ3v) is 4.23. The van der Waals surface area contributed by atoms with Crippen LogP contribution in [-0.4, -0.2) is 22.7 Å². The first-order valence-corrected chi connectivity index (χ1v) is 7.85. The van der Waals surface area contributed by atoms with Gasteiger partial charge in [0, 0.05) is 9.79 Å². The Morgan fingerprint density at radius 2 is 1.11 bits per heavy atom. The van der Waals surface area contributed by atoms with E-state index < -0.39 is 0 Å². The first-order valence-electron chi connectivity index (χ1n) is 5.40. The topological polar surface area (TPSA) is 40.5 Å². The van der Waals surface area contributed by atoms with Gasteiger partial charge in [-0.2, -0.15) is 0 Å². The van der Waals surface area contributed by atoms with E-state index >= 15 is 0 Å². The quantitative estimate of drug-likeness (QED) is 0.825. The van der Waals surface area contributed by atoms with E-state index in [-0.39, 0.29) is 0 Å². The first kappa shape index (κ1) is 13.2. The first-order chi connectivity index (χ1) is 8.65. The Labute approximate surface area is 115 Å². The second-order valence-electron chi connectivity index (χ2n) is 3.77. The van der Waals surface area contributed by atoms with E-state index in [0.29, 0.717) is 11.5 Å². The molecule has 0 saturated heterocycles. The lowest BCUT2D eigenvalue weighted by molar-refractivity contribution is 0.461. The largest absolute Gasteiger partial charge is 0.507 e. The van der Waals surface area contributed by atoms with E-state index in [1.54, 1.807) is 12.1 Å². The van der Waals surface area contributed by atoms with E-state index in [4.69, 9.17) is 0 Å². The molecule has 4 heteroatoms. The van der Waals surface area contributed by atoms with Crippen molar-refractivity contribution in [2.24, 2.45) is 0 Å². The fourth-order valence-electron chi connectivity index (χ4n) is 1.71. The third kappa shape index (κ3) is 2.60. The van der Waals surface area contributed by atoms with Crippen LogP contribution in [0.2, 0.25) is 0 Å². The monoisotopic (exact) mass is 278 g/mol. The molecule has 2 aromatic rings. The number of thioether (sulfide) groups is 2. The zero-order valence-electron chi connectivity index (χ0n) is 10.2. The summed E-state index contributed by atoms with van der Waals surface area (Å²) < 4.78 is 0. The Hall–Kier alpha value is -1.26. The summed E-state index contributed by atoms with van der Waals surface area (Å²) in [4.78, 5) is 1.71. The number of phenolic OH excluding ortho intramolecular Hbond substituents is 2. The number of benzene rings is 2. The highest BCUT2D eigenvalue weighted by molar-refractivity contribution is 7.99. The molecule has 0 aliphatic heterocycles. The molecule has 2 nitrogen and oxygen atoms in total. The van der Waals surface area contributed by atoms with Crippen LogP contribution in [0, 0.1) is 0 Å². The average molecular weight is 278 g/mol. The molecule has 0 amide bonds. The summed E-state index contributed by atoms with van der Waals surface area (Å²) in [6, 6.07) is 11.1. The van der Waals surface area contributed by atoms with E-state index in [2.05, 4.69) is 0 Å². The van der Waals surface area contributed by atoms with Crippen LogP contribution in [0.25, 0.3) is 11.1 Å². The van der Waals surface area contributed by atoms with Gasteiger partial charge < -0.3 is 10.2 Å². The van der Waals surface area contributed by atoms with Crippen molar-refractivity contribution in [1.29, 1.82) is 0 Å². The lowest BCUT2D eigenvalue weighted by Crippen LogP contribution is -1.82. The Kier molecular flexibility index (Phi) is 4.09. The summed E-state index contributed by atoms with van der Waals surface area (Å²) in [6.45, 7) is 0. The van der Waals surface area contributed by atoms with Crippen LogP contribution >= 0.6 is 23.5 Å². The van der Waals surface area contributed by atoms with Gasteiger partial charge in [-0.25, -0.2) is 0 Å². The van der Waals surface area contributed by atoms with Gasteiger partial charge in [-0.1, -0.05) is 12.1 Å². The van der Waals surface area contributed by atoms with Gasteiger partial charge in [-0.3, -0.25) is 0 Å². The molecule has 2 aromatic carbocycles. The lowest BCUT2D eigenvalue weighted by Gasteiger charge is -2.08. The van der Waals surface area contributed by atoms with E-state index in [9.17, 15) is 10.2 Å². The number of hydrogen-bond acceptors (Lipinski definition) is 4. The summed E-state index contributed by atoms with van der Waals surface area (Å²) in [7, 11) is 0. The second-order valence-corrected chi connectivity index (χ2v) is 5.47. The normalized spacial score (nSPS) is 10.6. The highest BCUT2D eigenvalue weighted by Gasteiger charge is 2.06. The van der Waals surface area contributed by atoms with Gasteiger partial charge in [0.2, 0.25) is 0 Å². The zero-order chi connectivity index (χ0) is 13.1. The number of hydrogen-bond donors (Lipinski definition) is 2. The summed E-state index contributed by atoms with van der Waals surface area (Å²) in [6.07, 6.45) is 3.87. The summed E-state index contributed by atoms with van der Waals surface area (Å²) >= 11 is 3.03. The van der Waals surface area contributed by atoms with Crippen molar-refractivity contribution in [3.8, 4) is 22.6 Å². The molecule has 0 radical (unpaired) electrons. The minimum atomic E-state index is 0.301. The van der Waals surface area contributed by atoms with Crippen LogP contribution in [0.1, 0.15) is 0 Å². The predicted octanol–water partition coefficient (Wildman–Crippen LogP) is 4.21. The molecule has 0 aliphatic rings. The van der Waals surface area contributed by atoms with E-state index in [1.807, 2.05) is 36.8 Å². The molecule has 0 unspecified atom stereocenters. The van der Waals surface area contributed by atoms with Gasteiger partial charge in [0.25, 0.3) is 0 Å². The maximum Gasteiger partial charge on any atom is 0.129 e. The standard InChI is InChI=1S/C14H14O2S2/c1-17-13-7-9(3-5-11(13)15)10-4-6-12(16)14(8-10)18-2/h3-8,15-16H,1-2H3. The number of rotatable bonds is 3. The van der Waals surface area contributed by atoms with Crippen LogP contribution in [-0.2, 0) is 0 Å². The van der Waals surface area contributed by atoms with Crippen molar-refractivity contribution >= 4 is 23.5 Å². The maximum absolute atomic E-state index is 9.66. The molecule has 0 bridgehead atoms. The Bertz CT molecular complexity index is 516. The highest BCUT2D eigenvalue weighted by Crippen LogP contribution is 2.35. The predicted molar refractivity (Wildman–Crippen MR) is 78.8 cm³/mol. The molecule has 0 atom stereocenters. The lowest BCUT2D eigenvalue weighted by atomic mass is 10.1. The van der Waals surface area contributed by atoms with Crippen molar-refractivity contribution in [1.82, 2.24) is 0 Å². The molecule has 2 N–H and O–H groups in total. The minimum Gasteiger partial charge on any atom is -0.507 e. The summed E-state index contributed by atoms with van der Waals surface area (Å²) in [5.74, 6) is 0.602. The van der Waals surface area contributed by atoms with Crippen molar-refractivity contribution in [3.63, 3.8) is 0 Å². The Morgan fingerprint density at radius 1 is 0.722 bits per heavy atom. The maximum atomic E-state index is 9.66. The highest BCUT2D eigenvalue weighted by atomic mass is 32.2. The van der Waals surface area contributed by atoms with Crippen molar-refractivity contribution in [3.05, 3.63) is 36.4 Å². The number of aromatic hydroxyl groups is 2. The van der Waals surface area contributed by atoms with E-state index in [0.717, 1.165) is 20.9 Å². The van der Waals surface area contributed by atoms with Crippen LogP contribution in [0.15, 0.2) is 46.2 Å². The molecular formula is C14H14O2S2. The minimum absolute atomic E-state index is 0.301. The van der Waals surface area contributed by atoms with Crippen molar-refractivity contribution < 1.29 is 10.2 Å². The molecule has 0 aromatic heterocycles. The van der Waals surface area contributed by atoms with Gasteiger partial charge >= 0.3 is 0 Å². The zero-order valence-corrected chi connectivity index (χ0v) is 11.8. The second kappa shape index (κ2) is 5.59. The van der Waals surface area contributed by atoms with Gasteiger partial charge in [-0.15, -0.1) is 23.5 Å². The summed E-state index contributed by atoms with van der Waals surface area (Å²) in [5, 5.41) is 19.3.